The highest BCUT2D eigenvalue weighted by Gasteiger charge is 2.38. The van der Waals surface area contributed by atoms with Crippen LogP contribution in [0.25, 0.3) is 60.5 Å². The summed E-state index contributed by atoms with van der Waals surface area (Å²) >= 11 is 0. The van der Waals surface area contributed by atoms with Crippen LogP contribution in [0.2, 0.25) is 0 Å². The van der Waals surface area contributed by atoms with Crippen molar-refractivity contribution >= 4 is 49.6 Å². The maximum Gasteiger partial charge on any atom is 0.0541 e. The van der Waals surface area contributed by atoms with Gasteiger partial charge in [0.25, 0.3) is 0 Å². The average Bonchev–Trinajstić information content (AvgIpc) is 3.57. The quantitative estimate of drug-likeness (QED) is 0.166. The maximum absolute atomic E-state index is 2.45. The molecule has 0 aliphatic heterocycles. The van der Waals surface area contributed by atoms with Crippen LogP contribution < -0.4 is 4.90 Å². The summed E-state index contributed by atoms with van der Waals surface area (Å²) in [5.74, 6) is 0. The topological polar surface area (TPSA) is 8.17 Å². The number of aromatic nitrogens is 1. The fourth-order valence-electron chi connectivity index (χ4n) is 9.42. The Kier molecular flexibility index (Phi) is 8.01. The first-order chi connectivity index (χ1) is 27.3. The normalized spacial score (nSPS) is 14.6. The van der Waals surface area contributed by atoms with E-state index in [0.717, 1.165) is 11.4 Å². The Balaban J connectivity index is 1.06. The van der Waals surface area contributed by atoms with E-state index >= 15 is 0 Å². The summed E-state index contributed by atoms with van der Waals surface area (Å²) in [5.41, 5.74) is 15.4. The molecule has 0 atom stereocenters. The lowest BCUT2D eigenvalue weighted by Gasteiger charge is -2.43. The summed E-state index contributed by atoms with van der Waals surface area (Å²) in [6, 6.07) is 66.9. The van der Waals surface area contributed by atoms with Crippen LogP contribution in [0, 0.1) is 0 Å². The standard InChI is InChI=1S/C54H46N2/c1-53(2)33-34-54(3,4)52-45(23-14-24-48(52)53)40-17-12-20-43(35-40)56-50-25-11-10-22-46(50)47-36-39(29-32-51(47)56)37-27-30-42(31-28-37)55(41-18-6-5-7-19-41)49-26-13-16-38-15-8-9-21-44(38)49/h5-32,35-36H,33-34H2,1-4H3. The van der Waals surface area contributed by atoms with Gasteiger partial charge in [-0.1, -0.05) is 149 Å². The van der Waals surface area contributed by atoms with Gasteiger partial charge in [-0.3, -0.25) is 0 Å². The second-order valence-electron chi connectivity index (χ2n) is 16.8. The van der Waals surface area contributed by atoms with Crippen molar-refractivity contribution in [1.82, 2.24) is 4.57 Å². The Labute approximate surface area is 330 Å². The molecule has 2 nitrogen and oxygen atoms in total. The Bertz CT molecular complexity index is 2900. The van der Waals surface area contributed by atoms with Crippen molar-refractivity contribution in [2.24, 2.45) is 0 Å². The number of para-hydroxylation sites is 2. The fraction of sp³-hybridized carbons (Fsp3) is 0.148. The molecule has 0 fully saturated rings. The maximum atomic E-state index is 2.45. The molecule has 0 spiro atoms. The van der Waals surface area contributed by atoms with E-state index in [4.69, 9.17) is 0 Å². The van der Waals surface area contributed by atoms with Gasteiger partial charge in [0, 0.05) is 33.2 Å². The van der Waals surface area contributed by atoms with Gasteiger partial charge in [0.1, 0.15) is 0 Å². The van der Waals surface area contributed by atoms with Crippen molar-refractivity contribution in [2.45, 2.75) is 51.4 Å². The van der Waals surface area contributed by atoms with Crippen molar-refractivity contribution < 1.29 is 0 Å². The predicted molar refractivity (Wildman–Crippen MR) is 239 cm³/mol. The van der Waals surface area contributed by atoms with E-state index < -0.39 is 0 Å². The zero-order valence-electron chi connectivity index (χ0n) is 32.6. The van der Waals surface area contributed by atoms with Gasteiger partial charge >= 0.3 is 0 Å². The minimum absolute atomic E-state index is 0.120. The second kappa shape index (κ2) is 13.1. The lowest BCUT2D eigenvalue weighted by Crippen LogP contribution is -2.34. The third kappa shape index (κ3) is 5.63. The van der Waals surface area contributed by atoms with Crippen LogP contribution in [0.15, 0.2) is 182 Å². The van der Waals surface area contributed by atoms with Crippen LogP contribution in [0.1, 0.15) is 51.7 Å². The molecule has 0 unspecified atom stereocenters. The third-order valence-corrected chi connectivity index (χ3v) is 12.4. The smallest absolute Gasteiger partial charge is 0.0541 e. The van der Waals surface area contributed by atoms with Gasteiger partial charge in [0.15, 0.2) is 0 Å². The Morgan fingerprint density at radius 3 is 1.93 bits per heavy atom. The van der Waals surface area contributed by atoms with Gasteiger partial charge in [0.05, 0.1) is 16.7 Å². The van der Waals surface area contributed by atoms with Crippen molar-refractivity contribution in [2.75, 3.05) is 4.90 Å². The summed E-state index contributed by atoms with van der Waals surface area (Å²) in [5, 5.41) is 4.98. The molecule has 0 saturated carbocycles. The van der Waals surface area contributed by atoms with Crippen molar-refractivity contribution in [3.05, 3.63) is 193 Å². The molecule has 0 radical (unpaired) electrons. The molecule has 272 valence electrons. The van der Waals surface area contributed by atoms with E-state index in [1.54, 1.807) is 0 Å². The van der Waals surface area contributed by atoms with Crippen molar-refractivity contribution in [3.63, 3.8) is 0 Å². The van der Waals surface area contributed by atoms with Gasteiger partial charge < -0.3 is 9.47 Å². The number of nitrogens with zero attached hydrogens (tertiary/aromatic N) is 2. The van der Waals surface area contributed by atoms with E-state index in [0.29, 0.717) is 0 Å². The van der Waals surface area contributed by atoms with E-state index in [2.05, 4.69) is 219 Å². The van der Waals surface area contributed by atoms with Crippen molar-refractivity contribution in [1.29, 1.82) is 0 Å². The largest absolute Gasteiger partial charge is 0.310 e. The predicted octanol–water partition coefficient (Wildman–Crippen LogP) is 15.1. The summed E-state index contributed by atoms with van der Waals surface area (Å²) < 4.78 is 2.45. The zero-order chi connectivity index (χ0) is 38.0. The number of hydrogen-bond acceptors (Lipinski definition) is 1. The molecule has 9 aromatic rings. The van der Waals surface area contributed by atoms with Gasteiger partial charge in [-0.2, -0.15) is 0 Å². The fourth-order valence-corrected chi connectivity index (χ4v) is 9.42. The molecule has 0 amide bonds. The van der Waals surface area contributed by atoms with Gasteiger partial charge in [0.2, 0.25) is 0 Å². The molecule has 1 aliphatic rings. The average molecular weight is 723 g/mol. The van der Waals surface area contributed by atoms with Gasteiger partial charge in [-0.15, -0.1) is 0 Å². The first kappa shape index (κ1) is 34.1. The number of rotatable bonds is 6. The SMILES string of the molecule is CC1(C)CCC(C)(C)c2c(-c3cccc(-n4c5ccccc5c5cc(-c6ccc(N(c7ccccc7)c7cccc8ccccc78)cc6)ccc54)c3)cccc21. The van der Waals surface area contributed by atoms with E-state index in [9.17, 15) is 0 Å². The first-order valence-electron chi connectivity index (χ1n) is 20.0. The molecule has 56 heavy (non-hydrogen) atoms. The Hall–Kier alpha value is -6.38. The summed E-state index contributed by atoms with van der Waals surface area (Å²) in [4.78, 5) is 2.37. The highest BCUT2D eigenvalue weighted by atomic mass is 15.1. The van der Waals surface area contributed by atoms with Crippen LogP contribution in [0.4, 0.5) is 17.1 Å². The number of benzene rings is 8. The van der Waals surface area contributed by atoms with Crippen LogP contribution in [-0.4, -0.2) is 4.57 Å². The minimum Gasteiger partial charge on any atom is -0.310 e. The molecule has 0 N–H and O–H groups in total. The summed E-state index contributed by atoms with van der Waals surface area (Å²) in [6.45, 7) is 9.68. The van der Waals surface area contributed by atoms with E-state index in [1.165, 1.54) is 90.2 Å². The van der Waals surface area contributed by atoms with Gasteiger partial charge in [-0.05, 0) is 123 Å². The molecular weight excluding hydrogens is 677 g/mol. The number of fused-ring (bicyclic) bond motifs is 5. The lowest BCUT2D eigenvalue weighted by molar-refractivity contribution is 0.333. The van der Waals surface area contributed by atoms with Crippen molar-refractivity contribution in [3.8, 4) is 27.9 Å². The highest BCUT2D eigenvalue weighted by Crippen LogP contribution is 2.49. The third-order valence-electron chi connectivity index (χ3n) is 12.4. The molecular formula is C54H46N2. The summed E-state index contributed by atoms with van der Waals surface area (Å²) in [7, 11) is 0. The molecule has 0 bridgehead atoms. The van der Waals surface area contributed by atoms with Crippen LogP contribution >= 0.6 is 0 Å². The van der Waals surface area contributed by atoms with E-state index in [-0.39, 0.29) is 10.8 Å². The van der Waals surface area contributed by atoms with Crippen LogP contribution in [-0.2, 0) is 10.8 Å². The summed E-state index contributed by atoms with van der Waals surface area (Å²) in [6.07, 6.45) is 2.40. The van der Waals surface area contributed by atoms with Crippen LogP contribution in [0.5, 0.6) is 0 Å². The second-order valence-corrected chi connectivity index (χ2v) is 16.8. The number of hydrogen-bond donors (Lipinski definition) is 0. The molecule has 1 aromatic heterocycles. The molecule has 10 rings (SSSR count). The highest BCUT2D eigenvalue weighted by molar-refractivity contribution is 6.10. The monoisotopic (exact) mass is 722 g/mol. The molecule has 1 aliphatic carbocycles. The number of anilines is 3. The molecule has 8 aromatic carbocycles. The lowest BCUT2D eigenvalue weighted by atomic mass is 9.61. The Morgan fingerprint density at radius 2 is 1.09 bits per heavy atom. The first-order valence-corrected chi connectivity index (χ1v) is 20.0. The zero-order valence-corrected chi connectivity index (χ0v) is 32.6. The minimum atomic E-state index is 0.120. The molecule has 0 saturated heterocycles. The molecule has 2 heteroatoms. The van der Waals surface area contributed by atoms with Gasteiger partial charge in [-0.25, -0.2) is 0 Å². The van der Waals surface area contributed by atoms with E-state index in [1.807, 2.05) is 0 Å². The molecule has 1 heterocycles. The Morgan fingerprint density at radius 1 is 0.446 bits per heavy atom. The van der Waals surface area contributed by atoms with Crippen LogP contribution in [0.3, 0.4) is 0 Å².